The molecule has 1 saturated heterocycles. The summed E-state index contributed by atoms with van der Waals surface area (Å²) in [6.07, 6.45) is 5.09. The Morgan fingerprint density at radius 2 is 1.57 bits per heavy atom. The Morgan fingerprint density at radius 3 is 2.13 bits per heavy atom. The molecule has 0 bridgehead atoms. The molecule has 2 aromatic rings. The van der Waals surface area contributed by atoms with Crippen LogP contribution in [-0.2, 0) is 9.59 Å². The Kier molecular flexibility index (Phi) is 5.27. The summed E-state index contributed by atoms with van der Waals surface area (Å²) in [5.74, 6) is -0.170. The number of carbonyl (C=O) groups is 3. The number of hydrogen-bond donors (Lipinski definition) is 1. The fraction of sp³-hybridized carbons (Fsp3) is 0.261. The molecule has 2 atom stereocenters. The van der Waals surface area contributed by atoms with Gasteiger partial charge in [0.25, 0.3) is 5.91 Å². The number of rotatable bonds is 5. The minimum absolute atomic E-state index is 0.173. The third-order valence-corrected chi connectivity index (χ3v) is 5.55. The van der Waals surface area contributed by atoms with Gasteiger partial charge in [0.1, 0.15) is 11.5 Å². The van der Waals surface area contributed by atoms with Gasteiger partial charge in [-0.15, -0.1) is 0 Å². The summed E-state index contributed by atoms with van der Waals surface area (Å²) in [7, 11) is 3.06. The van der Waals surface area contributed by atoms with Crippen LogP contribution in [0.1, 0.15) is 23.2 Å². The van der Waals surface area contributed by atoms with E-state index in [1.165, 1.54) is 12.0 Å². The summed E-state index contributed by atoms with van der Waals surface area (Å²) in [6, 6.07) is 11.5. The summed E-state index contributed by atoms with van der Waals surface area (Å²) in [5, 5.41) is 2.80. The van der Waals surface area contributed by atoms with Gasteiger partial charge in [0.2, 0.25) is 11.8 Å². The molecule has 7 nitrogen and oxygen atoms in total. The first kappa shape index (κ1) is 19.7. The van der Waals surface area contributed by atoms with Gasteiger partial charge in [-0.2, -0.15) is 0 Å². The van der Waals surface area contributed by atoms with Crippen molar-refractivity contribution in [3.8, 4) is 11.5 Å². The average molecular weight is 406 g/mol. The molecule has 1 heterocycles. The number of imide groups is 1. The second-order valence-electron chi connectivity index (χ2n) is 7.23. The molecule has 1 aliphatic carbocycles. The van der Waals surface area contributed by atoms with Crippen molar-refractivity contribution in [1.82, 2.24) is 0 Å². The molecule has 3 amide bonds. The predicted molar refractivity (Wildman–Crippen MR) is 112 cm³/mol. The number of ether oxygens (including phenoxy) is 2. The van der Waals surface area contributed by atoms with Crippen LogP contribution in [-0.4, -0.2) is 31.9 Å². The number of nitrogens with one attached hydrogen (secondary N) is 1. The van der Waals surface area contributed by atoms with Gasteiger partial charge in [-0.1, -0.05) is 12.2 Å². The Labute approximate surface area is 174 Å². The molecule has 4 rings (SSSR count). The number of hydrogen-bond acceptors (Lipinski definition) is 5. The fourth-order valence-electron chi connectivity index (χ4n) is 3.92. The molecule has 1 fully saturated rings. The maximum atomic E-state index is 12.7. The van der Waals surface area contributed by atoms with Crippen LogP contribution in [0.5, 0.6) is 11.5 Å². The quantitative estimate of drug-likeness (QED) is 0.608. The molecule has 2 aliphatic rings. The molecule has 30 heavy (non-hydrogen) atoms. The van der Waals surface area contributed by atoms with Crippen LogP contribution in [0, 0.1) is 11.8 Å². The highest BCUT2D eigenvalue weighted by Gasteiger charge is 2.47. The van der Waals surface area contributed by atoms with Gasteiger partial charge in [0, 0.05) is 11.6 Å². The highest BCUT2D eigenvalue weighted by Crippen LogP contribution is 2.37. The first-order valence-electron chi connectivity index (χ1n) is 9.69. The van der Waals surface area contributed by atoms with E-state index in [2.05, 4.69) is 5.32 Å². The van der Waals surface area contributed by atoms with Gasteiger partial charge >= 0.3 is 0 Å². The van der Waals surface area contributed by atoms with Crippen molar-refractivity contribution in [3.05, 3.63) is 60.2 Å². The molecule has 0 aromatic heterocycles. The number of benzene rings is 2. The van der Waals surface area contributed by atoms with Crippen LogP contribution >= 0.6 is 0 Å². The largest absolute Gasteiger partial charge is 0.497 e. The van der Waals surface area contributed by atoms with Crippen LogP contribution in [0.2, 0.25) is 0 Å². The Bertz CT molecular complexity index is 1000. The van der Waals surface area contributed by atoms with Crippen molar-refractivity contribution in [2.75, 3.05) is 24.4 Å². The third kappa shape index (κ3) is 3.43. The molecule has 154 valence electrons. The van der Waals surface area contributed by atoms with Crippen molar-refractivity contribution in [2.24, 2.45) is 11.8 Å². The summed E-state index contributed by atoms with van der Waals surface area (Å²) >= 11 is 0. The van der Waals surface area contributed by atoms with E-state index in [1.807, 2.05) is 12.2 Å². The zero-order valence-electron chi connectivity index (χ0n) is 16.8. The van der Waals surface area contributed by atoms with E-state index in [1.54, 1.807) is 49.6 Å². The van der Waals surface area contributed by atoms with Crippen LogP contribution in [0.4, 0.5) is 11.4 Å². The molecule has 0 radical (unpaired) electrons. The topological polar surface area (TPSA) is 84.9 Å². The van der Waals surface area contributed by atoms with Crippen LogP contribution in [0.3, 0.4) is 0 Å². The van der Waals surface area contributed by atoms with Gasteiger partial charge < -0.3 is 14.8 Å². The maximum absolute atomic E-state index is 12.7. The Balaban J connectivity index is 1.52. The van der Waals surface area contributed by atoms with E-state index in [4.69, 9.17) is 9.47 Å². The predicted octanol–water partition coefficient (Wildman–Crippen LogP) is 3.41. The first-order valence-corrected chi connectivity index (χ1v) is 9.69. The maximum Gasteiger partial charge on any atom is 0.255 e. The zero-order chi connectivity index (χ0) is 21.3. The van der Waals surface area contributed by atoms with Crippen molar-refractivity contribution in [3.63, 3.8) is 0 Å². The third-order valence-electron chi connectivity index (χ3n) is 5.55. The highest BCUT2D eigenvalue weighted by molar-refractivity contribution is 6.22. The van der Waals surface area contributed by atoms with E-state index in [9.17, 15) is 14.4 Å². The summed E-state index contributed by atoms with van der Waals surface area (Å²) in [6.45, 7) is 0. The molecule has 1 N–H and O–H groups in total. The number of allylic oxidation sites excluding steroid dienone is 2. The van der Waals surface area contributed by atoms with Crippen molar-refractivity contribution in [2.45, 2.75) is 12.8 Å². The minimum Gasteiger partial charge on any atom is -0.497 e. The van der Waals surface area contributed by atoms with Gasteiger partial charge in [0.05, 0.1) is 37.4 Å². The molecule has 2 aromatic carbocycles. The minimum atomic E-state index is -0.343. The Morgan fingerprint density at radius 1 is 0.933 bits per heavy atom. The number of amides is 3. The monoisotopic (exact) mass is 406 g/mol. The van der Waals surface area contributed by atoms with Crippen molar-refractivity contribution in [1.29, 1.82) is 0 Å². The lowest BCUT2D eigenvalue weighted by Gasteiger charge is -2.15. The normalized spacial score (nSPS) is 20.1. The standard InChI is InChI=1S/C23H22N2O5/c1-29-16-11-12-20(30-2)19(13-16)24-21(26)14-7-9-15(10-8-14)25-22(27)17-5-3-4-6-18(17)23(25)28/h3-4,7-13,17-18H,5-6H2,1-2H3,(H,24,26)/t17-,18-/m0/s1. The fourth-order valence-corrected chi connectivity index (χ4v) is 3.92. The second kappa shape index (κ2) is 8.02. The Hall–Kier alpha value is -3.61. The molecular weight excluding hydrogens is 384 g/mol. The summed E-state index contributed by atoms with van der Waals surface area (Å²) in [4.78, 5) is 39.3. The SMILES string of the molecule is COc1ccc(OC)c(NC(=O)c2ccc(N3C(=O)[C@H]4CC=CC[C@@H]4C3=O)cc2)c1. The number of nitrogens with zero attached hydrogens (tertiary/aromatic N) is 1. The molecule has 1 aliphatic heterocycles. The first-order chi connectivity index (χ1) is 14.5. The average Bonchev–Trinajstić information content (AvgIpc) is 3.04. The van der Waals surface area contributed by atoms with Gasteiger partial charge in [0.15, 0.2) is 0 Å². The number of carbonyl (C=O) groups excluding carboxylic acids is 3. The molecule has 0 unspecified atom stereocenters. The van der Waals surface area contributed by atoms with Gasteiger partial charge in [-0.25, -0.2) is 0 Å². The lowest BCUT2D eigenvalue weighted by molar-refractivity contribution is -0.122. The highest BCUT2D eigenvalue weighted by atomic mass is 16.5. The smallest absolute Gasteiger partial charge is 0.255 e. The molecule has 0 spiro atoms. The van der Waals surface area contributed by atoms with Crippen molar-refractivity contribution >= 4 is 29.1 Å². The van der Waals surface area contributed by atoms with E-state index in [-0.39, 0.29) is 29.6 Å². The number of anilines is 2. The van der Waals surface area contributed by atoms with E-state index in [0.29, 0.717) is 41.3 Å². The van der Waals surface area contributed by atoms with Crippen molar-refractivity contribution < 1.29 is 23.9 Å². The van der Waals surface area contributed by atoms with Crippen LogP contribution < -0.4 is 19.7 Å². The van der Waals surface area contributed by atoms with Crippen LogP contribution in [0.15, 0.2) is 54.6 Å². The van der Waals surface area contributed by atoms with Crippen LogP contribution in [0.25, 0.3) is 0 Å². The number of fused-ring (bicyclic) bond motifs is 1. The molecule has 0 saturated carbocycles. The molecular formula is C23H22N2O5. The summed E-state index contributed by atoms with van der Waals surface area (Å²) < 4.78 is 10.5. The van der Waals surface area contributed by atoms with E-state index >= 15 is 0 Å². The lowest BCUT2D eigenvalue weighted by Crippen LogP contribution is -2.30. The zero-order valence-corrected chi connectivity index (χ0v) is 16.8. The van der Waals surface area contributed by atoms with E-state index < -0.39 is 0 Å². The molecule has 7 heteroatoms. The lowest BCUT2D eigenvalue weighted by atomic mass is 9.85. The number of methoxy groups -OCH3 is 2. The summed E-state index contributed by atoms with van der Waals surface area (Å²) in [5.41, 5.74) is 1.35. The van der Waals surface area contributed by atoms with Gasteiger partial charge in [-0.05, 0) is 49.2 Å². The van der Waals surface area contributed by atoms with Gasteiger partial charge in [-0.3, -0.25) is 19.3 Å². The van der Waals surface area contributed by atoms with E-state index in [0.717, 1.165) is 0 Å². The second-order valence-corrected chi connectivity index (χ2v) is 7.23.